The molecule has 0 radical (unpaired) electrons. The molecule has 0 aliphatic carbocycles. The number of benzene rings is 1. The number of carbonyl (C=O) groups is 1. The number of likely N-dealkylation sites (tertiary alicyclic amines) is 1. The molecule has 112 valence electrons. The summed E-state index contributed by atoms with van der Waals surface area (Å²) in [5.41, 5.74) is 0.632. The Balaban J connectivity index is 1.49. The number of nitrogens with one attached hydrogen (secondary N) is 1. The third-order valence-electron chi connectivity index (χ3n) is 4.21. The van der Waals surface area contributed by atoms with Gasteiger partial charge in [-0.15, -0.1) is 0 Å². The number of anilines is 1. The molecule has 1 aromatic carbocycles. The lowest BCUT2D eigenvalue weighted by Crippen LogP contribution is -2.47. The van der Waals surface area contributed by atoms with Gasteiger partial charge in [-0.2, -0.15) is 0 Å². The van der Waals surface area contributed by atoms with Crippen LogP contribution in [0.5, 0.6) is 0 Å². The highest BCUT2D eigenvalue weighted by Gasteiger charge is 2.26. The van der Waals surface area contributed by atoms with Gasteiger partial charge in [-0.05, 0) is 37.1 Å². The van der Waals surface area contributed by atoms with E-state index < -0.39 is 0 Å². The molecule has 0 unspecified atom stereocenters. The van der Waals surface area contributed by atoms with Crippen molar-refractivity contribution in [1.82, 2.24) is 9.80 Å². The third kappa shape index (κ3) is 3.42. The average molecular weight is 289 g/mol. The lowest BCUT2D eigenvalue weighted by molar-refractivity contribution is 0.144. The molecule has 4 nitrogen and oxygen atoms in total. The predicted octanol–water partition coefficient (Wildman–Crippen LogP) is 2.69. The van der Waals surface area contributed by atoms with Crippen molar-refractivity contribution in [3.63, 3.8) is 0 Å². The summed E-state index contributed by atoms with van der Waals surface area (Å²) >= 11 is 0. The molecular formula is C16H20FN3O. The molecule has 21 heavy (non-hydrogen) atoms. The van der Waals surface area contributed by atoms with Crippen LogP contribution in [0.15, 0.2) is 36.4 Å². The molecule has 1 saturated heterocycles. The zero-order valence-electron chi connectivity index (χ0n) is 12.0. The van der Waals surface area contributed by atoms with Crippen molar-refractivity contribution >= 4 is 11.7 Å². The van der Waals surface area contributed by atoms with Crippen LogP contribution in [-0.4, -0.2) is 48.1 Å². The fraction of sp³-hybridized carbons (Fsp3) is 0.438. The highest BCUT2D eigenvalue weighted by Crippen LogP contribution is 2.19. The first-order chi connectivity index (χ1) is 10.2. The Labute approximate surface area is 124 Å². The number of carbonyl (C=O) groups excluding carboxylic acids is 1. The Morgan fingerprint density at radius 2 is 1.71 bits per heavy atom. The molecule has 0 saturated carbocycles. The van der Waals surface area contributed by atoms with Gasteiger partial charge >= 0.3 is 6.03 Å². The smallest absolute Gasteiger partial charge is 0.321 e. The maximum Gasteiger partial charge on any atom is 0.321 e. The van der Waals surface area contributed by atoms with Crippen molar-refractivity contribution in [3.05, 3.63) is 42.2 Å². The topological polar surface area (TPSA) is 35.6 Å². The first kappa shape index (κ1) is 14.1. The first-order valence-corrected chi connectivity index (χ1v) is 7.43. The molecule has 0 spiro atoms. The zero-order valence-corrected chi connectivity index (χ0v) is 12.0. The van der Waals surface area contributed by atoms with Gasteiger partial charge in [-0.3, -0.25) is 4.90 Å². The van der Waals surface area contributed by atoms with E-state index in [-0.39, 0.29) is 11.8 Å². The number of halogens is 1. The van der Waals surface area contributed by atoms with Gasteiger partial charge in [0.2, 0.25) is 0 Å². The molecule has 1 aromatic rings. The molecule has 2 aliphatic heterocycles. The lowest BCUT2D eigenvalue weighted by atomic mass is 10.0. The highest BCUT2D eigenvalue weighted by atomic mass is 19.1. The lowest BCUT2D eigenvalue weighted by Gasteiger charge is -2.36. The van der Waals surface area contributed by atoms with Gasteiger partial charge in [-0.25, -0.2) is 9.18 Å². The van der Waals surface area contributed by atoms with Crippen LogP contribution in [0.2, 0.25) is 0 Å². The van der Waals surface area contributed by atoms with Crippen LogP contribution >= 0.6 is 0 Å². The summed E-state index contributed by atoms with van der Waals surface area (Å²) in [5, 5.41) is 2.82. The van der Waals surface area contributed by atoms with Gasteiger partial charge in [0.15, 0.2) is 0 Å². The van der Waals surface area contributed by atoms with E-state index in [0.29, 0.717) is 11.7 Å². The van der Waals surface area contributed by atoms with Crippen molar-refractivity contribution < 1.29 is 9.18 Å². The number of amides is 2. The van der Waals surface area contributed by atoms with E-state index >= 15 is 0 Å². The van der Waals surface area contributed by atoms with Crippen LogP contribution in [0.1, 0.15) is 12.8 Å². The quantitative estimate of drug-likeness (QED) is 0.850. The van der Waals surface area contributed by atoms with Crippen molar-refractivity contribution in [3.8, 4) is 0 Å². The van der Waals surface area contributed by atoms with Gasteiger partial charge < -0.3 is 10.2 Å². The number of hydrogen-bond donors (Lipinski definition) is 1. The highest BCUT2D eigenvalue weighted by molar-refractivity contribution is 5.89. The van der Waals surface area contributed by atoms with Crippen LogP contribution in [0.4, 0.5) is 14.9 Å². The minimum atomic E-state index is -0.298. The molecule has 1 N–H and O–H groups in total. The molecule has 0 aromatic heterocycles. The van der Waals surface area contributed by atoms with E-state index in [1.807, 2.05) is 4.90 Å². The summed E-state index contributed by atoms with van der Waals surface area (Å²) in [7, 11) is 0. The molecule has 1 fully saturated rings. The van der Waals surface area contributed by atoms with E-state index in [0.717, 1.165) is 39.0 Å². The van der Waals surface area contributed by atoms with E-state index in [4.69, 9.17) is 0 Å². The minimum Gasteiger partial charge on any atom is -0.324 e. The maximum atomic E-state index is 12.8. The van der Waals surface area contributed by atoms with Crippen LogP contribution in [0.3, 0.4) is 0 Å². The largest absolute Gasteiger partial charge is 0.324 e. The van der Waals surface area contributed by atoms with Crippen molar-refractivity contribution in [2.75, 3.05) is 31.5 Å². The van der Waals surface area contributed by atoms with Gasteiger partial charge in [-0.1, -0.05) is 12.2 Å². The van der Waals surface area contributed by atoms with Crippen LogP contribution in [0, 0.1) is 5.82 Å². The number of hydrogen-bond acceptors (Lipinski definition) is 2. The SMILES string of the molecule is O=C(Nc1ccc(F)cc1)N1CCC(N2CC=CC2)CC1. The molecule has 2 aliphatic rings. The predicted molar refractivity (Wildman–Crippen MR) is 80.7 cm³/mol. The number of nitrogens with zero attached hydrogens (tertiary/aromatic N) is 2. The van der Waals surface area contributed by atoms with E-state index in [1.165, 1.54) is 12.1 Å². The second-order valence-electron chi connectivity index (χ2n) is 5.58. The average Bonchev–Trinajstić information content (AvgIpc) is 3.04. The second kappa shape index (κ2) is 6.26. The van der Waals surface area contributed by atoms with Crippen molar-refractivity contribution in [2.24, 2.45) is 0 Å². The standard InChI is InChI=1S/C16H20FN3O/c17-13-3-5-14(6-4-13)18-16(21)20-11-7-15(8-12-20)19-9-1-2-10-19/h1-6,15H,7-12H2,(H,18,21). The van der Waals surface area contributed by atoms with Crippen LogP contribution in [0.25, 0.3) is 0 Å². The number of piperidine rings is 1. The Bertz CT molecular complexity index is 513. The third-order valence-corrected chi connectivity index (χ3v) is 4.21. The van der Waals surface area contributed by atoms with E-state index in [9.17, 15) is 9.18 Å². The minimum absolute atomic E-state index is 0.0976. The first-order valence-electron chi connectivity index (χ1n) is 7.43. The number of urea groups is 1. The van der Waals surface area contributed by atoms with Gasteiger partial charge in [0.05, 0.1) is 0 Å². The van der Waals surface area contributed by atoms with Gasteiger partial charge in [0.1, 0.15) is 5.82 Å². The Hall–Kier alpha value is -1.88. The molecule has 2 heterocycles. The Kier molecular flexibility index (Phi) is 4.20. The molecule has 5 heteroatoms. The monoisotopic (exact) mass is 289 g/mol. The molecule has 3 rings (SSSR count). The van der Waals surface area contributed by atoms with Crippen LogP contribution in [-0.2, 0) is 0 Å². The van der Waals surface area contributed by atoms with E-state index in [2.05, 4.69) is 22.4 Å². The van der Waals surface area contributed by atoms with Crippen LogP contribution < -0.4 is 5.32 Å². The molecule has 0 bridgehead atoms. The zero-order chi connectivity index (χ0) is 14.7. The Morgan fingerprint density at radius 3 is 2.33 bits per heavy atom. The summed E-state index contributed by atoms with van der Waals surface area (Å²) in [6, 6.07) is 6.34. The number of rotatable bonds is 2. The molecule has 2 amide bonds. The maximum absolute atomic E-state index is 12.8. The Morgan fingerprint density at radius 1 is 1.10 bits per heavy atom. The van der Waals surface area contributed by atoms with Crippen molar-refractivity contribution in [2.45, 2.75) is 18.9 Å². The van der Waals surface area contributed by atoms with Gasteiger partial charge in [0, 0.05) is 37.9 Å². The van der Waals surface area contributed by atoms with Crippen molar-refractivity contribution in [1.29, 1.82) is 0 Å². The molecular weight excluding hydrogens is 269 g/mol. The normalized spacial score (nSPS) is 20.0. The summed E-state index contributed by atoms with van der Waals surface area (Å²) in [5.74, 6) is -0.298. The second-order valence-corrected chi connectivity index (χ2v) is 5.58. The fourth-order valence-electron chi connectivity index (χ4n) is 2.96. The molecule has 0 atom stereocenters. The summed E-state index contributed by atoms with van der Waals surface area (Å²) in [6.07, 6.45) is 6.43. The van der Waals surface area contributed by atoms with Gasteiger partial charge in [0.25, 0.3) is 0 Å². The van der Waals surface area contributed by atoms with E-state index in [1.54, 1.807) is 12.1 Å². The summed E-state index contributed by atoms with van der Waals surface area (Å²) in [6.45, 7) is 3.61. The fourth-order valence-corrected chi connectivity index (χ4v) is 2.96. The summed E-state index contributed by atoms with van der Waals surface area (Å²) in [4.78, 5) is 16.5. The summed E-state index contributed by atoms with van der Waals surface area (Å²) < 4.78 is 12.8.